The Morgan fingerprint density at radius 3 is 1.56 bits per heavy atom. The molecule has 0 saturated carbocycles. The van der Waals surface area contributed by atoms with Crippen molar-refractivity contribution in [2.24, 2.45) is 0 Å². The zero-order valence-electron chi connectivity index (χ0n) is 28.6. The van der Waals surface area contributed by atoms with E-state index in [9.17, 15) is 0 Å². The molecule has 50 heavy (non-hydrogen) atoms. The zero-order chi connectivity index (χ0) is 33.6. The Kier molecular flexibility index (Phi) is 6.22. The molecule has 1 spiro atoms. The van der Waals surface area contributed by atoms with E-state index < -0.39 is 13.5 Å². The number of fused-ring (bicyclic) bond motifs is 12. The average Bonchev–Trinajstić information content (AvgIpc) is 3.59. The molecule has 0 fully saturated rings. The Balaban J connectivity index is 1.27. The standard InChI is InChI=1S/C48H37NSi/c1-50(2,3)47-24-14-13-23-46(47)49(36-17-5-4-6-18-36)37-26-25-34-29-41-40-28-32-15-7-8-16-33(32)30-44(40)48(45(41)31-35(34)27-37)42-21-11-9-19-38(42)39-20-10-12-22-43(39)48/h4-31H,1-3H3. The lowest BCUT2D eigenvalue weighted by atomic mass is 9.70. The van der Waals surface area contributed by atoms with Crippen LogP contribution in [0, 0.1) is 0 Å². The fraction of sp³-hybridized carbons (Fsp3) is 0.0833. The van der Waals surface area contributed by atoms with E-state index in [0.29, 0.717) is 0 Å². The third-order valence-corrected chi connectivity index (χ3v) is 13.2. The van der Waals surface area contributed by atoms with Crippen LogP contribution in [0.25, 0.3) is 43.8 Å². The minimum Gasteiger partial charge on any atom is -0.311 e. The third kappa shape index (κ3) is 4.06. The Labute approximate surface area is 295 Å². The van der Waals surface area contributed by atoms with E-state index in [4.69, 9.17) is 0 Å². The van der Waals surface area contributed by atoms with Crippen LogP contribution >= 0.6 is 0 Å². The molecule has 0 amide bonds. The lowest BCUT2D eigenvalue weighted by molar-refractivity contribution is 0.796. The highest BCUT2D eigenvalue weighted by atomic mass is 28.3. The van der Waals surface area contributed by atoms with Crippen LogP contribution in [0.1, 0.15) is 22.3 Å². The monoisotopic (exact) mass is 655 g/mol. The summed E-state index contributed by atoms with van der Waals surface area (Å²) < 4.78 is 0. The first-order chi connectivity index (χ1) is 24.4. The molecule has 0 N–H and O–H groups in total. The Morgan fingerprint density at radius 1 is 0.380 bits per heavy atom. The summed E-state index contributed by atoms with van der Waals surface area (Å²) >= 11 is 0. The van der Waals surface area contributed by atoms with Gasteiger partial charge in [-0.15, -0.1) is 0 Å². The van der Waals surface area contributed by atoms with E-state index in [1.54, 1.807) is 0 Å². The summed E-state index contributed by atoms with van der Waals surface area (Å²) in [6.45, 7) is 7.32. The van der Waals surface area contributed by atoms with Gasteiger partial charge in [-0.25, -0.2) is 0 Å². The van der Waals surface area contributed by atoms with Gasteiger partial charge in [-0.3, -0.25) is 0 Å². The van der Waals surface area contributed by atoms with Crippen molar-refractivity contribution >= 4 is 51.9 Å². The van der Waals surface area contributed by atoms with Crippen molar-refractivity contribution in [3.05, 3.63) is 192 Å². The molecule has 0 aromatic heterocycles. The average molecular weight is 656 g/mol. The van der Waals surface area contributed by atoms with Gasteiger partial charge in [0.25, 0.3) is 0 Å². The number of rotatable bonds is 4. The van der Waals surface area contributed by atoms with Gasteiger partial charge in [-0.1, -0.05) is 135 Å². The minimum atomic E-state index is -1.66. The van der Waals surface area contributed by atoms with Crippen molar-refractivity contribution < 1.29 is 0 Å². The van der Waals surface area contributed by atoms with Gasteiger partial charge in [0.2, 0.25) is 0 Å². The second-order valence-corrected chi connectivity index (χ2v) is 20.0. The van der Waals surface area contributed by atoms with Gasteiger partial charge < -0.3 is 4.90 Å². The maximum atomic E-state index is 2.52. The third-order valence-electron chi connectivity index (χ3n) is 11.1. The number of hydrogen-bond acceptors (Lipinski definition) is 1. The maximum Gasteiger partial charge on any atom is 0.0803 e. The van der Waals surface area contributed by atoms with Gasteiger partial charge in [0, 0.05) is 17.1 Å². The SMILES string of the molecule is C[Si](C)(C)c1ccccc1N(c1ccccc1)c1ccc2cc3c(cc2c1)C1(c2ccccc2-c2ccccc21)c1cc2ccccc2cc1-3. The Hall–Kier alpha value is -5.70. The van der Waals surface area contributed by atoms with E-state index in [2.05, 4.69) is 194 Å². The summed E-state index contributed by atoms with van der Waals surface area (Å²) in [6.07, 6.45) is 0. The van der Waals surface area contributed by atoms with Crippen LogP contribution in [0.15, 0.2) is 170 Å². The van der Waals surface area contributed by atoms with Crippen LogP contribution in [0.2, 0.25) is 19.6 Å². The molecular formula is C48H37NSi. The molecule has 10 rings (SSSR count). The molecule has 0 unspecified atom stereocenters. The second kappa shape index (κ2) is 10.6. The predicted octanol–water partition coefficient (Wildman–Crippen LogP) is 12.4. The first kappa shape index (κ1) is 29.2. The molecule has 238 valence electrons. The van der Waals surface area contributed by atoms with Crippen molar-refractivity contribution in [1.29, 1.82) is 0 Å². The second-order valence-electron chi connectivity index (χ2n) is 15.0. The molecule has 8 aromatic carbocycles. The van der Waals surface area contributed by atoms with Crippen molar-refractivity contribution in [1.82, 2.24) is 0 Å². The summed E-state index contributed by atoms with van der Waals surface area (Å²) in [6, 6.07) is 63.9. The van der Waals surface area contributed by atoms with Gasteiger partial charge in [0.15, 0.2) is 0 Å². The van der Waals surface area contributed by atoms with Crippen LogP contribution in [0.5, 0.6) is 0 Å². The van der Waals surface area contributed by atoms with Crippen molar-refractivity contribution in [2.75, 3.05) is 4.90 Å². The highest BCUT2D eigenvalue weighted by Gasteiger charge is 2.51. The number of hydrogen-bond donors (Lipinski definition) is 0. The lowest BCUT2D eigenvalue weighted by Crippen LogP contribution is -2.40. The molecule has 0 atom stereocenters. The van der Waals surface area contributed by atoms with E-state index in [1.165, 1.54) is 88.3 Å². The van der Waals surface area contributed by atoms with Gasteiger partial charge in [-0.05, 0) is 126 Å². The number of benzene rings is 8. The van der Waals surface area contributed by atoms with Gasteiger partial charge in [-0.2, -0.15) is 0 Å². The number of nitrogens with zero attached hydrogens (tertiary/aromatic N) is 1. The van der Waals surface area contributed by atoms with Crippen LogP contribution < -0.4 is 10.1 Å². The van der Waals surface area contributed by atoms with Crippen molar-refractivity contribution in [2.45, 2.75) is 25.1 Å². The predicted molar refractivity (Wildman–Crippen MR) is 215 cm³/mol. The van der Waals surface area contributed by atoms with Crippen LogP contribution in [0.4, 0.5) is 17.1 Å². The van der Waals surface area contributed by atoms with E-state index in [0.717, 1.165) is 0 Å². The van der Waals surface area contributed by atoms with Crippen LogP contribution in [-0.2, 0) is 5.41 Å². The highest BCUT2D eigenvalue weighted by Crippen LogP contribution is 2.63. The molecule has 0 bridgehead atoms. The Morgan fingerprint density at radius 2 is 0.900 bits per heavy atom. The smallest absolute Gasteiger partial charge is 0.0803 e. The minimum absolute atomic E-state index is 0.393. The summed E-state index contributed by atoms with van der Waals surface area (Å²) in [4.78, 5) is 2.47. The lowest BCUT2D eigenvalue weighted by Gasteiger charge is -2.32. The van der Waals surface area contributed by atoms with Crippen molar-refractivity contribution in [3.63, 3.8) is 0 Å². The molecule has 0 radical (unpaired) electrons. The first-order valence-corrected chi connectivity index (χ1v) is 21.2. The van der Waals surface area contributed by atoms with Crippen LogP contribution in [-0.4, -0.2) is 8.07 Å². The maximum absolute atomic E-state index is 2.52. The fourth-order valence-electron chi connectivity index (χ4n) is 9.00. The summed E-state index contributed by atoms with van der Waals surface area (Å²) in [5.41, 5.74) is 14.1. The van der Waals surface area contributed by atoms with E-state index >= 15 is 0 Å². The quantitative estimate of drug-likeness (QED) is 0.171. The molecule has 8 aromatic rings. The molecular weight excluding hydrogens is 619 g/mol. The van der Waals surface area contributed by atoms with E-state index in [-0.39, 0.29) is 0 Å². The van der Waals surface area contributed by atoms with Crippen molar-refractivity contribution in [3.8, 4) is 22.3 Å². The largest absolute Gasteiger partial charge is 0.311 e. The highest BCUT2D eigenvalue weighted by molar-refractivity contribution is 6.89. The zero-order valence-corrected chi connectivity index (χ0v) is 29.6. The normalized spacial score (nSPS) is 13.7. The topological polar surface area (TPSA) is 3.24 Å². The molecule has 2 heteroatoms. The molecule has 1 nitrogen and oxygen atoms in total. The summed E-state index contributed by atoms with van der Waals surface area (Å²) in [5, 5.41) is 6.54. The number of para-hydroxylation sites is 2. The first-order valence-electron chi connectivity index (χ1n) is 17.7. The molecule has 2 aliphatic rings. The fourth-order valence-corrected chi connectivity index (χ4v) is 10.6. The number of anilines is 3. The van der Waals surface area contributed by atoms with E-state index in [1.807, 2.05) is 0 Å². The van der Waals surface area contributed by atoms with Gasteiger partial charge in [0.05, 0.1) is 13.5 Å². The molecule has 0 heterocycles. The molecule has 0 aliphatic heterocycles. The summed E-state index contributed by atoms with van der Waals surface area (Å²) in [7, 11) is -1.66. The Bertz CT molecular complexity index is 2600. The van der Waals surface area contributed by atoms with Gasteiger partial charge in [0.1, 0.15) is 0 Å². The molecule has 2 aliphatic carbocycles. The van der Waals surface area contributed by atoms with Crippen LogP contribution in [0.3, 0.4) is 0 Å². The molecule has 0 saturated heterocycles. The van der Waals surface area contributed by atoms with Gasteiger partial charge >= 0.3 is 0 Å². The summed E-state index contributed by atoms with van der Waals surface area (Å²) in [5.74, 6) is 0.